The molecule has 3 aliphatic rings. The molecule has 3 aliphatic heterocycles. The first-order valence-corrected chi connectivity index (χ1v) is 7.63. The molecule has 2 bridgehead atoms. The second kappa shape index (κ2) is 6.32. The van der Waals surface area contributed by atoms with Gasteiger partial charge in [-0.1, -0.05) is 0 Å². The summed E-state index contributed by atoms with van der Waals surface area (Å²) in [7, 11) is 1.66. The number of ether oxygens (including phenoxy) is 1. The van der Waals surface area contributed by atoms with E-state index in [4.69, 9.17) is 10.00 Å². The van der Waals surface area contributed by atoms with Gasteiger partial charge in [0, 0.05) is 39.0 Å². The number of amides is 1. The number of rotatable bonds is 4. The SMILES string of the molecule is COCCN1C(=O)[C@@H]2CC[C@H]1CN(c1cc(C#N)ccn1)C2. The van der Waals surface area contributed by atoms with Crippen molar-refractivity contribution in [1.29, 1.82) is 5.26 Å². The first-order valence-electron chi connectivity index (χ1n) is 7.63. The highest BCUT2D eigenvalue weighted by Crippen LogP contribution is 2.31. The predicted octanol–water partition coefficient (Wildman–Crippen LogP) is 1.03. The molecule has 4 rings (SSSR count). The van der Waals surface area contributed by atoms with E-state index in [-0.39, 0.29) is 17.9 Å². The highest BCUT2D eigenvalue weighted by Gasteiger charge is 2.40. The lowest BCUT2D eigenvalue weighted by Gasteiger charge is -2.35. The van der Waals surface area contributed by atoms with Crippen LogP contribution in [0, 0.1) is 17.2 Å². The third kappa shape index (κ3) is 2.77. The molecule has 0 radical (unpaired) electrons. The number of pyridine rings is 1. The molecule has 0 aliphatic carbocycles. The van der Waals surface area contributed by atoms with Crippen LogP contribution in [0.4, 0.5) is 5.82 Å². The van der Waals surface area contributed by atoms with E-state index in [9.17, 15) is 4.79 Å². The van der Waals surface area contributed by atoms with Crippen molar-refractivity contribution in [3.8, 4) is 6.07 Å². The van der Waals surface area contributed by atoms with Crippen molar-refractivity contribution in [2.24, 2.45) is 5.92 Å². The van der Waals surface area contributed by atoms with Gasteiger partial charge in [-0.3, -0.25) is 4.79 Å². The standard InChI is InChI=1S/C16H20N4O2/c1-22-7-6-20-14-3-2-13(16(20)21)10-19(11-14)15-8-12(9-17)4-5-18-15/h4-5,8,13-14H,2-3,6-7,10-11H2,1H3/t13-,14+/m1/s1. The van der Waals surface area contributed by atoms with E-state index in [1.54, 1.807) is 25.4 Å². The molecule has 3 fully saturated rings. The normalized spacial score (nSPS) is 24.3. The zero-order valence-corrected chi connectivity index (χ0v) is 12.7. The summed E-state index contributed by atoms with van der Waals surface area (Å²) in [6.45, 7) is 2.67. The summed E-state index contributed by atoms with van der Waals surface area (Å²) >= 11 is 0. The molecule has 4 heterocycles. The largest absolute Gasteiger partial charge is 0.383 e. The summed E-state index contributed by atoms with van der Waals surface area (Å²) in [5, 5.41) is 9.04. The Kier molecular flexibility index (Phi) is 4.25. The minimum absolute atomic E-state index is 0.0168. The number of nitriles is 1. The molecule has 0 unspecified atom stereocenters. The smallest absolute Gasteiger partial charge is 0.227 e. The number of methoxy groups -OCH3 is 1. The van der Waals surface area contributed by atoms with Crippen LogP contribution in [0.2, 0.25) is 0 Å². The summed E-state index contributed by atoms with van der Waals surface area (Å²) in [5.41, 5.74) is 0.601. The Balaban J connectivity index is 1.82. The molecular formula is C16H20N4O2. The third-order valence-corrected chi connectivity index (χ3v) is 4.53. The average Bonchev–Trinajstić information content (AvgIpc) is 2.84. The van der Waals surface area contributed by atoms with Crippen molar-refractivity contribution >= 4 is 11.7 Å². The van der Waals surface area contributed by atoms with Crippen LogP contribution in [0.3, 0.4) is 0 Å². The molecule has 0 saturated carbocycles. The van der Waals surface area contributed by atoms with Crippen molar-refractivity contribution in [3.05, 3.63) is 23.9 Å². The molecule has 6 nitrogen and oxygen atoms in total. The minimum Gasteiger partial charge on any atom is -0.383 e. The summed E-state index contributed by atoms with van der Waals surface area (Å²) in [6, 6.07) is 5.85. The van der Waals surface area contributed by atoms with E-state index >= 15 is 0 Å². The third-order valence-electron chi connectivity index (χ3n) is 4.53. The predicted molar refractivity (Wildman–Crippen MR) is 81.3 cm³/mol. The van der Waals surface area contributed by atoms with Crippen molar-refractivity contribution < 1.29 is 9.53 Å². The van der Waals surface area contributed by atoms with Gasteiger partial charge in [-0.05, 0) is 25.0 Å². The van der Waals surface area contributed by atoms with Crippen LogP contribution in [-0.4, -0.2) is 55.2 Å². The number of anilines is 1. The quantitative estimate of drug-likeness (QED) is 0.830. The van der Waals surface area contributed by atoms with Gasteiger partial charge in [-0.15, -0.1) is 0 Å². The first-order chi connectivity index (χ1) is 10.7. The van der Waals surface area contributed by atoms with Gasteiger partial charge < -0.3 is 14.5 Å². The van der Waals surface area contributed by atoms with Crippen LogP contribution in [0.5, 0.6) is 0 Å². The zero-order chi connectivity index (χ0) is 15.5. The maximum Gasteiger partial charge on any atom is 0.227 e. The molecular weight excluding hydrogens is 280 g/mol. The summed E-state index contributed by atoms with van der Waals surface area (Å²) in [5.74, 6) is 1.03. The number of carbonyl (C=O) groups excluding carboxylic acids is 1. The molecule has 0 aromatic carbocycles. The fourth-order valence-corrected chi connectivity index (χ4v) is 3.37. The number of nitrogens with zero attached hydrogens (tertiary/aromatic N) is 4. The van der Waals surface area contributed by atoms with Gasteiger partial charge in [0.2, 0.25) is 5.91 Å². The maximum atomic E-state index is 12.6. The Morgan fingerprint density at radius 1 is 1.45 bits per heavy atom. The fraction of sp³-hybridized carbons (Fsp3) is 0.562. The van der Waals surface area contributed by atoms with E-state index < -0.39 is 0 Å². The molecule has 0 N–H and O–H groups in total. The van der Waals surface area contributed by atoms with Gasteiger partial charge in [-0.25, -0.2) is 4.98 Å². The number of carbonyl (C=O) groups is 1. The number of piperidine rings is 1. The molecule has 0 spiro atoms. The number of aromatic nitrogens is 1. The minimum atomic E-state index is 0.0168. The van der Waals surface area contributed by atoms with Crippen molar-refractivity contribution in [2.75, 3.05) is 38.3 Å². The topological polar surface area (TPSA) is 69.5 Å². The van der Waals surface area contributed by atoms with E-state index in [1.165, 1.54) is 0 Å². The molecule has 22 heavy (non-hydrogen) atoms. The Morgan fingerprint density at radius 2 is 2.32 bits per heavy atom. The van der Waals surface area contributed by atoms with Crippen molar-refractivity contribution in [2.45, 2.75) is 18.9 Å². The van der Waals surface area contributed by atoms with Crippen LogP contribution in [0.25, 0.3) is 0 Å². The first kappa shape index (κ1) is 14.8. The Hall–Kier alpha value is -2.13. The van der Waals surface area contributed by atoms with Gasteiger partial charge in [0.25, 0.3) is 0 Å². The monoisotopic (exact) mass is 300 g/mol. The lowest BCUT2D eigenvalue weighted by Crippen LogP contribution is -2.49. The summed E-state index contributed by atoms with van der Waals surface area (Å²) < 4.78 is 5.13. The van der Waals surface area contributed by atoms with Crippen LogP contribution >= 0.6 is 0 Å². The zero-order valence-electron chi connectivity index (χ0n) is 12.7. The highest BCUT2D eigenvalue weighted by atomic mass is 16.5. The van der Waals surface area contributed by atoms with Crippen LogP contribution in [0.15, 0.2) is 18.3 Å². The summed E-state index contributed by atoms with van der Waals surface area (Å²) in [6.07, 6.45) is 3.61. The molecule has 116 valence electrons. The maximum absolute atomic E-state index is 12.6. The summed E-state index contributed by atoms with van der Waals surface area (Å²) in [4.78, 5) is 21.1. The molecule has 3 saturated heterocycles. The Morgan fingerprint density at radius 3 is 3.09 bits per heavy atom. The van der Waals surface area contributed by atoms with Crippen molar-refractivity contribution in [3.63, 3.8) is 0 Å². The molecule has 6 heteroatoms. The van der Waals surface area contributed by atoms with Crippen LogP contribution in [0.1, 0.15) is 18.4 Å². The van der Waals surface area contributed by atoms with Crippen molar-refractivity contribution in [1.82, 2.24) is 9.88 Å². The average molecular weight is 300 g/mol. The van der Waals surface area contributed by atoms with Gasteiger partial charge in [-0.2, -0.15) is 5.26 Å². The Labute approximate surface area is 130 Å². The molecule has 1 aromatic heterocycles. The molecule has 2 atom stereocenters. The van der Waals surface area contributed by atoms with Gasteiger partial charge in [0.05, 0.1) is 24.2 Å². The number of fused-ring (bicyclic) bond motifs is 4. The number of hydrogen-bond donors (Lipinski definition) is 0. The number of hydrogen-bond acceptors (Lipinski definition) is 5. The van der Waals surface area contributed by atoms with Crippen LogP contribution in [-0.2, 0) is 9.53 Å². The van der Waals surface area contributed by atoms with E-state index in [0.717, 1.165) is 25.2 Å². The van der Waals surface area contributed by atoms with Gasteiger partial charge >= 0.3 is 0 Å². The van der Waals surface area contributed by atoms with E-state index in [0.29, 0.717) is 25.3 Å². The fourth-order valence-electron chi connectivity index (χ4n) is 3.37. The van der Waals surface area contributed by atoms with E-state index in [2.05, 4.69) is 16.0 Å². The second-order valence-electron chi connectivity index (χ2n) is 5.87. The molecule has 1 aromatic rings. The lowest BCUT2D eigenvalue weighted by molar-refractivity contribution is -0.140. The second-order valence-corrected chi connectivity index (χ2v) is 5.87. The molecule has 1 amide bonds. The van der Waals surface area contributed by atoms with Gasteiger partial charge in [0.1, 0.15) is 5.82 Å². The highest BCUT2D eigenvalue weighted by molar-refractivity contribution is 5.81. The lowest BCUT2D eigenvalue weighted by atomic mass is 9.94. The Bertz CT molecular complexity index is 598. The van der Waals surface area contributed by atoms with Crippen LogP contribution < -0.4 is 4.90 Å². The van der Waals surface area contributed by atoms with Gasteiger partial charge in [0.15, 0.2) is 0 Å². The van der Waals surface area contributed by atoms with E-state index in [1.807, 2.05) is 4.90 Å².